The number of imidazole rings is 1. The third-order valence-electron chi connectivity index (χ3n) is 3.26. The molecule has 0 N–H and O–H groups in total. The van der Waals surface area contributed by atoms with Crippen LogP contribution >= 0.6 is 23.4 Å². The van der Waals surface area contributed by atoms with E-state index >= 15 is 0 Å². The summed E-state index contributed by atoms with van der Waals surface area (Å²) in [6, 6.07) is 13.2. The normalized spacial score (nSPS) is 11.2. The summed E-state index contributed by atoms with van der Waals surface area (Å²) in [5.74, 6) is 1.16. The highest BCUT2D eigenvalue weighted by molar-refractivity contribution is 7.98. The molecule has 0 saturated heterocycles. The van der Waals surface area contributed by atoms with Crippen LogP contribution in [0.1, 0.15) is 5.69 Å². The summed E-state index contributed by atoms with van der Waals surface area (Å²) in [7, 11) is 0. The molecule has 0 radical (unpaired) electrons. The van der Waals surface area contributed by atoms with Gasteiger partial charge in [-0.1, -0.05) is 29.4 Å². The number of hydrogen-bond acceptors (Lipinski definition) is 5. The van der Waals surface area contributed by atoms with Crippen LogP contribution < -0.4 is 0 Å². The molecule has 0 saturated carbocycles. The zero-order valence-electron chi connectivity index (χ0n) is 11.9. The second-order valence-electron chi connectivity index (χ2n) is 4.87. The lowest BCUT2D eigenvalue weighted by molar-refractivity contribution is 0.466. The minimum atomic E-state index is 0.485. The summed E-state index contributed by atoms with van der Waals surface area (Å²) in [6.07, 6.45) is 3.97. The Balaban J connectivity index is 1.48. The molecule has 0 aliphatic carbocycles. The van der Waals surface area contributed by atoms with Gasteiger partial charge in [-0.05, 0) is 36.4 Å². The zero-order chi connectivity index (χ0) is 15.6. The lowest BCUT2D eigenvalue weighted by Crippen LogP contribution is -1.79. The summed E-state index contributed by atoms with van der Waals surface area (Å²) >= 11 is 7.34. The van der Waals surface area contributed by atoms with Crippen LogP contribution in [0, 0.1) is 0 Å². The molecule has 114 valence electrons. The van der Waals surface area contributed by atoms with Gasteiger partial charge in [0.2, 0.25) is 5.89 Å². The molecule has 0 aliphatic rings. The van der Waals surface area contributed by atoms with E-state index < -0.39 is 0 Å². The number of hydrogen-bond donors (Lipinski definition) is 0. The predicted octanol–water partition coefficient (Wildman–Crippen LogP) is 4.33. The van der Waals surface area contributed by atoms with Gasteiger partial charge in [-0.25, -0.2) is 4.98 Å². The van der Waals surface area contributed by atoms with E-state index in [4.69, 9.17) is 16.0 Å². The van der Waals surface area contributed by atoms with E-state index in [1.54, 1.807) is 12.1 Å². The third kappa shape index (κ3) is 3.09. The second-order valence-corrected chi connectivity index (χ2v) is 6.23. The summed E-state index contributed by atoms with van der Waals surface area (Å²) in [6.45, 7) is 0. The number of benzene rings is 1. The lowest BCUT2D eigenvalue weighted by atomic mass is 10.2. The van der Waals surface area contributed by atoms with E-state index in [0.29, 0.717) is 21.9 Å². The Kier molecular flexibility index (Phi) is 3.77. The zero-order valence-corrected chi connectivity index (χ0v) is 13.5. The van der Waals surface area contributed by atoms with Crippen LogP contribution in [0.25, 0.3) is 17.1 Å². The number of nitrogens with zero attached hydrogens (tertiary/aromatic N) is 4. The van der Waals surface area contributed by atoms with E-state index in [-0.39, 0.29) is 0 Å². The van der Waals surface area contributed by atoms with E-state index in [9.17, 15) is 0 Å². The molecule has 23 heavy (non-hydrogen) atoms. The van der Waals surface area contributed by atoms with Crippen molar-refractivity contribution >= 4 is 29.0 Å². The fourth-order valence-electron chi connectivity index (χ4n) is 2.17. The van der Waals surface area contributed by atoms with Crippen molar-refractivity contribution < 1.29 is 4.42 Å². The van der Waals surface area contributed by atoms with Gasteiger partial charge in [0, 0.05) is 28.7 Å². The maximum absolute atomic E-state index is 5.88. The Morgan fingerprint density at radius 2 is 1.96 bits per heavy atom. The molecule has 1 aromatic carbocycles. The van der Waals surface area contributed by atoms with E-state index in [1.165, 1.54) is 11.8 Å². The van der Waals surface area contributed by atoms with Crippen molar-refractivity contribution in [2.45, 2.75) is 11.0 Å². The molecule has 4 aromatic rings. The minimum Gasteiger partial charge on any atom is -0.411 e. The molecular weight excluding hydrogens is 332 g/mol. The summed E-state index contributed by atoms with van der Waals surface area (Å²) in [4.78, 5) is 4.54. The molecule has 0 spiro atoms. The van der Waals surface area contributed by atoms with Gasteiger partial charge in [0.15, 0.2) is 0 Å². The first-order valence-corrected chi connectivity index (χ1v) is 8.29. The van der Waals surface area contributed by atoms with Gasteiger partial charge in [0.05, 0.1) is 5.69 Å². The highest BCUT2D eigenvalue weighted by Gasteiger charge is 2.10. The quantitative estimate of drug-likeness (QED) is 0.517. The maximum atomic E-state index is 5.88. The first-order chi connectivity index (χ1) is 11.3. The maximum Gasteiger partial charge on any atom is 0.277 e. The number of pyridine rings is 1. The number of rotatable bonds is 4. The molecule has 0 amide bonds. The molecular formula is C16H11ClN4OS. The topological polar surface area (TPSA) is 56.2 Å². The van der Waals surface area contributed by atoms with Crippen molar-refractivity contribution in [3.05, 3.63) is 65.6 Å². The van der Waals surface area contributed by atoms with Gasteiger partial charge >= 0.3 is 0 Å². The fraction of sp³-hybridized carbons (Fsp3) is 0.0625. The molecule has 5 nitrogen and oxygen atoms in total. The van der Waals surface area contributed by atoms with Crippen LogP contribution in [-0.4, -0.2) is 19.6 Å². The first kappa shape index (κ1) is 14.3. The van der Waals surface area contributed by atoms with Crippen LogP contribution in [-0.2, 0) is 5.75 Å². The van der Waals surface area contributed by atoms with Crippen molar-refractivity contribution in [3.63, 3.8) is 0 Å². The monoisotopic (exact) mass is 342 g/mol. The molecule has 0 bridgehead atoms. The summed E-state index contributed by atoms with van der Waals surface area (Å²) in [5, 5.41) is 9.32. The standard InChI is InChI=1S/C16H11ClN4OS/c17-12-6-4-11(5-7-12)15-19-20-16(22-15)23-10-13-9-21-8-2-1-3-14(21)18-13/h1-9H,10H2. The predicted molar refractivity (Wildman–Crippen MR) is 89.5 cm³/mol. The van der Waals surface area contributed by atoms with Crippen LogP contribution in [0.2, 0.25) is 5.02 Å². The van der Waals surface area contributed by atoms with E-state index in [0.717, 1.165) is 16.9 Å². The van der Waals surface area contributed by atoms with Crippen LogP contribution in [0.5, 0.6) is 0 Å². The van der Waals surface area contributed by atoms with Crippen LogP contribution in [0.3, 0.4) is 0 Å². The van der Waals surface area contributed by atoms with Gasteiger partial charge in [-0.2, -0.15) is 0 Å². The van der Waals surface area contributed by atoms with Crippen LogP contribution in [0.4, 0.5) is 0 Å². The first-order valence-electron chi connectivity index (χ1n) is 6.93. The molecule has 3 aromatic heterocycles. The Morgan fingerprint density at radius 1 is 1.09 bits per heavy atom. The average molecular weight is 343 g/mol. The van der Waals surface area contributed by atoms with Crippen molar-refractivity contribution in [3.8, 4) is 11.5 Å². The fourth-order valence-corrected chi connectivity index (χ4v) is 2.94. The Hall–Kier alpha value is -2.31. The van der Waals surface area contributed by atoms with Crippen molar-refractivity contribution in [2.24, 2.45) is 0 Å². The summed E-state index contributed by atoms with van der Waals surface area (Å²) < 4.78 is 7.66. The van der Waals surface area contributed by atoms with Gasteiger partial charge < -0.3 is 8.82 Å². The molecule has 3 heterocycles. The molecule has 7 heteroatoms. The van der Waals surface area contributed by atoms with Crippen molar-refractivity contribution in [1.29, 1.82) is 0 Å². The molecule has 4 rings (SSSR count). The number of thioether (sulfide) groups is 1. The second kappa shape index (κ2) is 6.06. The van der Waals surface area contributed by atoms with Gasteiger partial charge in [0.1, 0.15) is 5.65 Å². The van der Waals surface area contributed by atoms with E-state index in [2.05, 4.69) is 15.2 Å². The van der Waals surface area contributed by atoms with Crippen LogP contribution in [0.15, 0.2) is 64.5 Å². The minimum absolute atomic E-state index is 0.485. The lowest BCUT2D eigenvalue weighted by Gasteiger charge is -1.94. The molecule has 0 aliphatic heterocycles. The molecule has 0 fully saturated rings. The molecule has 0 atom stereocenters. The highest BCUT2D eigenvalue weighted by Crippen LogP contribution is 2.26. The smallest absolute Gasteiger partial charge is 0.277 e. The van der Waals surface area contributed by atoms with Gasteiger partial charge in [-0.15, -0.1) is 10.2 Å². The number of aromatic nitrogens is 4. The van der Waals surface area contributed by atoms with Crippen molar-refractivity contribution in [1.82, 2.24) is 19.6 Å². The third-order valence-corrected chi connectivity index (χ3v) is 4.36. The molecule has 0 unspecified atom stereocenters. The van der Waals surface area contributed by atoms with Gasteiger partial charge in [0.25, 0.3) is 5.22 Å². The van der Waals surface area contributed by atoms with Gasteiger partial charge in [-0.3, -0.25) is 0 Å². The number of halogens is 1. The summed E-state index contributed by atoms with van der Waals surface area (Å²) in [5.41, 5.74) is 2.74. The van der Waals surface area contributed by atoms with Crippen molar-refractivity contribution in [2.75, 3.05) is 0 Å². The Labute approximate surface area is 141 Å². The average Bonchev–Trinajstić information content (AvgIpc) is 3.20. The van der Waals surface area contributed by atoms with E-state index in [1.807, 2.05) is 47.1 Å². The Morgan fingerprint density at radius 3 is 2.78 bits per heavy atom. The highest BCUT2D eigenvalue weighted by atomic mass is 35.5. The SMILES string of the molecule is Clc1ccc(-c2nnc(SCc3cn4ccccc4n3)o2)cc1. The Bertz CT molecular complexity index is 915. The largest absolute Gasteiger partial charge is 0.411 e. The number of fused-ring (bicyclic) bond motifs is 1.